The predicted octanol–water partition coefficient (Wildman–Crippen LogP) is 7.67. The van der Waals surface area contributed by atoms with Gasteiger partial charge in [-0.15, -0.1) is 0 Å². The van der Waals surface area contributed by atoms with E-state index in [1.54, 1.807) is 0 Å². The molecule has 0 radical (unpaired) electrons. The molecule has 0 amide bonds. The first-order valence-electron chi connectivity index (χ1n) is 11.4. The second-order valence-electron chi connectivity index (χ2n) is 10.5. The number of phenols is 1. The van der Waals surface area contributed by atoms with Gasteiger partial charge in [-0.25, -0.2) is 0 Å². The van der Waals surface area contributed by atoms with E-state index in [2.05, 4.69) is 97.9 Å². The molecule has 0 saturated heterocycles. The summed E-state index contributed by atoms with van der Waals surface area (Å²) in [5.74, 6) is 0.410. The molecule has 1 N–H and O–H groups in total. The molecule has 0 heterocycles. The van der Waals surface area contributed by atoms with Crippen LogP contribution < -0.4 is 0 Å². The minimum atomic E-state index is -0.0763. The van der Waals surface area contributed by atoms with Crippen molar-refractivity contribution in [1.29, 1.82) is 0 Å². The summed E-state index contributed by atoms with van der Waals surface area (Å²) in [4.78, 5) is 0. The molecule has 0 fully saturated rings. The van der Waals surface area contributed by atoms with Gasteiger partial charge in [0, 0.05) is 0 Å². The summed E-state index contributed by atoms with van der Waals surface area (Å²) in [7, 11) is 0. The standard InChI is InChI=1S/C30H38O/c1-20-12-9-15-26(22(20)3)29(5,6)18-24-14-11-17-28(31)25(24)19-30(7,8)27-16-10-13-21(2)23(27)4/h9-17,31H,18-19H2,1-8H3. The van der Waals surface area contributed by atoms with Gasteiger partial charge >= 0.3 is 0 Å². The van der Waals surface area contributed by atoms with Crippen LogP contribution in [0, 0.1) is 27.7 Å². The Morgan fingerprint density at radius 2 is 1.06 bits per heavy atom. The van der Waals surface area contributed by atoms with Gasteiger partial charge in [-0.1, -0.05) is 76.2 Å². The van der Waals surface area contributed by atoms with E-state index >= 15 is 0 Å². The highest BCUT2D eigenvalue weighted by molar-refractivity contribution is 5.46. The second-order valence-corrected chi connectivity index (χ2v) is 10.5. The summed E-state index contributed by atoms with van der Waals surface area (Å²) in [6.45, 7) is 18.0. The number of rotatable bonds is 6. The van der Waals surface area contributed by atoms with Crippen molar-refractivity contribution in [3.05, 3.63) is 99.1 Å². The maximum absolute atomic E-state index is 10.9. The number of aromatic hydroxyl groups is 1. The van der Waals surface area contributed by atoms with Gasteiger partial charge in [0.15, 0.2) is 0 Å². The molecule has 31 heavy (non-hydrogen) atoms. The first kappa shape index (κ1) is 23.1. The highest BCUT2D eigenvalue weighted by Gasteiger charge is 2.29. The fourth-order valence-electron chi connectivity index (χ4n) is 5.07. The maximum Gasteiger partial charge on any atom is 0.119 e. The number of benzene rings is 3. The molecule has 1 heteroatoms. The molecule has 0 spiro atoms. The molecular formula is C30H38O. The zero-order chi connectivity index (χ0) is 23.0. The zero-order valence-corrected chi connectivity index (χ0v) is 20.6. The van der Waals surface area contributed by atoms with Crippen LogP contribution in [0.15, 0.2) is 54.6 Å². The molecule has 0 aliphatic heterocycles. The van der Waals surface area contributed by atoms with Crippen molar-refractivity contribution in [3.63, 3.8) is 0 Å². The Morgan fingerprint density at radius 1 is 0.613 bits per heavy atom. The third kappa shape index (κ3) is 4.71. The number of hydrogen-bond acceptors (Lipinski definition) is 1. The molecule has 3 aromatic carbocycles. The number of hydrogen-bond donors (Lipinski definition) is 1. The van der Waals surface area contributed by atoms with E-state index in [4.69, 9.17) is 0 Å². The van der Waals surface area contributed by atoms with E-state index in [0.29, 0.717) is 5.75 Å². The lowest BCUT2D eigenvalue weighted by Crippen LogP contribution is -2.26. The molecule has 3 rings (SSSR count). The molecule has 0 saturated carbocycles. The lowest BCUT2D eigenvalue weighted by atomic mass is 9.72. The van der Waals surface area contributed by atoms with E-state index in [9.17, 15) is 5.11 Å². The van der Waals surface area contributed by atoms with Gasteiger partial charge in [0.25, 0.3) is 0 Å². The Balaban J connectivity index is 2.01. The van der Waals surface area contributed by atoms with Crippen molar-refractivity contribution in [1.82, 2.24) is 0 Å². The summed E-state index contributed by atoms with van der Waals surface area (Å²) in [5, 5.41) is 10.9. The topological polar surface area (TPSA) is 20.2 Å². The van der Waals surface area contributed by atoms with Crippen LogP contribution in [0.4, 0.5) is 0 Å². The molecule has 164 valence electrons. The van der Waals surface area contributed by atoms with Crippen molar-refractivity contribution in [3.8, 4) is 5.75 Å². The van der Waals surface area contributed by atoms with Crippen LogP contribution in [0.1, 0.15) is 72.2 Å². The minimum absolute atomic E-state index is 0.0258. The molecule has 1 nitrogen and oxygen atoms in total. The quantitative estimate of drug-likeness (QED) is 0.439. The molecule has 0 atom stereocenters. The van der Waals surface area contributed by atoms with E-state index < -0.39 is 0 Å². The summed E-state index contributed by atoms with van der Waals surface area (Å²) < 4.78 is 0. The minimum Gasteiger partial charge on any atom is -0.508 e. The van der Waals surface area contributed by atoms with Crippen molar-refractivity contribution in [2.45, 2.75) is 79.1 Å². The van der Waals surface area contributed by atoms with E-state index in [0.717, 1.165) is 18.4 Å². The van der Waals surface area contributed by atoms with Crippen LogP contribution in [0.5, 0.6) is 5.75 Å². The lowest BCUT2D eigenvalue weighted by Gasteiger charge is -2.32. The number of aryl methyl sites for hydroxylation is 2. The maximum atomic E-state index is 10.9. The van der Waals surface area contributed by atoms with Crippen molar-refractivity contribution in [2.75, 3.05) is 0 Å². The normalized spacial score (nSPS) is 12.3. The van der Waals surface area contributed by atoms with Gasteiger partial charge in [0.1, 0.15) is 5.75 Å². The lowest BCUT2D eigenvalue weighted by molar-refractivity contribution is 0.442. The van der Waals surface area contributed by atoms with Gasteiger partial charge in [0.2, 0.25) is 0 Å². The van der Waals surface area contributed by atoms with Crippen LogP contribution >= 0.6 is 0 Å². The fourth-order valence-corrected chi connectivity index (χ4v) is 5.07. The SMILES string of the molecule is Cc1cccc(C(C)(C)Cc2cccc(O)c2CC(C)(C)c2cccc(C)c2C)c1C. The highest BCUT2D eigenvalue weighted by Crippen LogP contribution is 2.38. The smallest absolute Gasteiger partial charge is 0.119 e. The molecular weight excluding hydrogens is 376 g/mol. The largest absolute Gasteiger partial charge is 0.508 e. The average molecular weight is 415 g/mol. The van der Waals surface area contributed by atoms with Crippen LogP contribution in [0.25, 0.3) is 0 Å². The Morgan fingerprint density at radius 3 is 1.58 bits per heavy atom. The molecule has 0 aromatic heterocycles. The van der Waals surface area contributed by atoms with Crippen LogP contribution in [-0.4, -0.2) is 5.11 Å². The molecule has 3 aromatic rings. The Bertz CT molecular complexity index is 1090. The molecule has 0 bridgehead atoms. The third-order valence-electron chi connectivity index (χ3n) is 7.17. The predicted molar refractivity (Wildman–Crippen MR) is 133 cm³/mol. The molecule has 0 unspecified atom stereocenters. The van der Waals surface area contributed by atoms with Gasteiger partial charge in [-0.3, -0.25) is 0 Å². The number of phenolic OH excluding ortho intramolecular Hbond substituents is 1. The summed E-state index contributed by atoms with van der Waals surface area (Å²) in [5.41, 5.74) is 10.3. The van der Waals surface area contributed by atoms with Gasteiger partial charge in [0.05, 0.1) is 0 Å². The van der Waals surface area contributed by atoms with Crippen molar-refractivity contribution in [2.24, 2.45) is 0 Å². The monoisotopic (exact) mass is 414 g/mol. The Kier molecular flexibility index (Phi) is 6.37. The van der Waals surface area contributed by atoms with Crippen molar-refractivity contribution >= 4 is 0 Å². The fraction of sp³-hybridized carbons (Fsp3) is 0.400. The van der Waals surface area contributed by atoms with Crippen LogP contribution in [0.3, 0.4) is 0 Å². The van der Waals surface area contributed by atoms with Crippen molar-refractivity contribution < 1.29 is 5.11 Å². The third-order valence-corrected chi connectivity index (χ3v) is 7.17. The van der Waals surface area contributed by atoms with E-state index in [1.807, 2.05) is 12.1 Å². The summed E-state index contributed by atoms with van der Waals surface area (Å²) in [6.07, 6.45) is 1.70. The van der Waals surface area contributed by atoms with Crippen LogP contribution in [-0.2, 0) is 23.7 Å². The molecule has 0 aliphatic carbocycles. The Hall–Kier alpha value is -2.54. The Labute approximate surface area is 189 Å². The second kappa shape index (κ2) is 8.54. The molecule has 0 aliphatic rings. The first-order chi connectivity index (χ1) is 14.4. The summed E-state index contributed by atoms with van der Waals surface area (Å²) in [6, 6.07) is 19.2. The first-order valence-corrected chi connectivity index (χ1v) is 11.4. The van der Waals surface area contributed by atoms with Gasteiger partial charge in [-0.05, 0) is 102 Å². The average Bonchev–Trinajstić information content (AvgIpc) is 2.68. The van der Waals surface area contributed by atoms with E-state index in [-0.39, 0.29) is 10.8 Å². The van der Waals surface area contributed by atoms with Gasteiger partial charge < -0.3 is 5.11 Å². The highest BCUT2D eigenvalue weighted by atomic mass is 16.3. The zero-order valence-electron chi connectivity index (χ0n) is 20.6. The van der Waals surface area contributed by atoms with Gasteiger partial charge in [-0.2, -0.15) is 0 Å². The summed E-state index contributed by atoms with van der Waals surface area (Å²) >= 11 is 0. The van der Waals surface area contributed by atoms with E-state index in [1.165, 1.54) is 38.9 Å². The van der Waals surface area contributed by atoms with Crippen LogP contribution in [0.2, 0.25) is 0 Å².